The Labute approximate surface area is 169 Å². The summed E-state index contributed by atoms with van der Waals surface area (Å²) in [5.41, 5.74) is 1.75. The van der Waals surface area contributed by atoms with E-state index in [4.69, 9.17) is 4.74 Å². The maximum Gasteiger partial charge on any atom is 0.341 e. The van der Waals surface area contributed by atoms with Crippen molar-refractivity contribution in [3.05, 3.63) is 51.9 Å². The number of nitriles is 1. The van der Waals surface area contributed by atoms with Crippen LogP contribution in [0.5, 0.6) is 0 Å². The third-order valence-electron chi connectivity index (χ3n) is 5.10. The molecule has 0 saturated carbocycles. The quantitative estimate of drug-likeness (QED) is 0.723. The van der Waals surface area contributed by atoms with Gasteiger partial charge in [0.25, 0.3) is 0 Å². The topological polar surface area (TPSA) is 79.2 Å². The van der Waals surface area contributed by atoms with Gasteiger partial charge in [0.15, 0.2) is 0 Å². The average molecular weight is 397 g/mol. The van der Waals surface area contributed by atoms with E-state index in [-0.39, 0.29) is 12.5 Å². The van der Waals surface area contributed by atoms with Crippen LogP contribution in [-0.4, -0.2) is 18.5 Å². The van der Waals surface area contributed by atoms with Gasteiger partial charge in [-0.3, -0.25) is 4.79 Å². The van der Waals surface area contributed by atoms with E-state index in [1.165, 1.54) is 11.3 Å². The van der Waals surface area contributed by atoms with Gasteiger partial charge < -0.3 is 10.1 Å². The number of hydrogen-bond acceptors (Lipinski definition) is 5. The Balaban J connectivity index is 2.01. The molecule has 0 spiro atoms. The molecule has 6 heteroatoms. The summed E-state index contributed by atoms with van der Waals surface area (Å²) in [7, 11) is 0. The van der Waals surface area contributed by atoms with Gasteiger partial charge in [-0.1, -0.05) is 37.3 Å². The number of amides is 1. The lowest BCUT2D eigenvalue weighted by atomic mass is 9.70. The lowest BCUT2D eigenvalue weighted by Crippen LogP contribution is -2.31. The first-order valence-electron chi connectivity index (χ1n) is 9.63. The molecule has 5 nitrogen and oxygen atoms in total. The number of carbonyl (C=O) groups excluding carboxylic acids is 2. The number of anilines is 1. The Hall–Kier alpha value is -2.65. The SMILES string of the molecule is CCCC(=O)Nc1sc2c(c1C(=O)OCC)CCC(C#N)(c1ccccc1)C2. The van der Waals surface area contributed by atoms with Crippen molar-refractivity contribution >= 4 is 28.2 Å². The highest BCUT2D eigenvalue weighted by atomic mass is 32.1. The summed E-state index contributed by atoms with van der Waals surface area (Å²) < 4.78 is 5.25. The average Bonchev–Trinajstić information content (AvgIpc) is 3.05. The standard InChI is InChI=1S/C22H24N2O3S/c1-3-8-18(25)24-20-19(21(26)27-4-2)16-11-12-22(14-23,13-17(16)28-20)15-9-6-5-7-10-15/h5-7,9-10H,3-4,8,11-13H2,1-2H3,(H,24,25). The summed E-state index contributed by atoms with van der Waals surface area (Å²) in [6, 6.07) is 12.3. The number of thiophene rings is 1. The first kappa shape index (κ1) is 20.1. The van der Waals surface area contributed by atoms with E-state index in [0.29, 0.717) is 36.2 Å². The molecule has 0 radical (unpaired) electrons. The zero-order valence-corrected chi connectivity index (χ0v) is 17.0. The van der Waals surface area contributed by atoms with Crippen molar-refractivity contribution in [3.63, 3.8) is 0 Å². The van der Waals surface area contributed by atoms with Crippen LogP contribution in [0.3, 0.4) is 0 Å². The number of ether oxygens (including phenoxy) is 1. The van der Waals surface area contributed by atoms with Crippen LogP contribution < -0.4 is 5.32 Å². The van der Waals surface area contributed by atoms with Gasteiger partial charge in [-0.2, -0.15) is 5.26 Å². The van der Waals surface area contributed by atoms with Crippen molar-refractivity contribution in [2.75, 3.05) is 11.9 Å². The van der Waals surface area contributed by atoms with E-state index in [2.05, 4.69) is 11.4 Å². The highest BCUT2D eigenvalue weighted by molar-refractivity contribution is 7.17. The van der Waals surface area contributed by atoms with Crippen LogP contribution in [0, 0.1) is 11.3 Å². The lowest BCUT2D eigenvalue weighted by molar-refractivity contribution is -0.116. The molecule has 1 aliphatic carbocycles. The number of hydrogen-bond donors (Lipinski definition) is 1. The molecule has 1 N–H and O–H groups in total. The monoisotopic (exact) mass is 396 g/mol. The predicted octanol–water partition coefficient (Wildman–Crippen LogP) is 4.61. The summed E-state index contributed by atoms with van der Waals surface area (Å²) in [6.07, 6.45) is 2.90. The maximum absolute atomic E-state index is 12.6. The molecule has 0 bridgehead atoms. The molecule has 1 aromatic heterocycles. The molecule has 1 amide bonds. The molecule has 2 aromatic rings. The summed E-state index contributed by atoms with van der Waals surface area (Å²) in [5.74, 6) is -0.516. The molecule has 1 aliphatic rings. The van der Waals surface area contributed by atoms with E-state index < -0.39 is 11.4 Å². The summed E-state index contributed by atoms with van der Waals surface area (Å²) in [4.78, 5) is 25.7. The van der Waals surface area contributed by atoms with Crippen molar-refractivity contribution in [2.24, 2.45) is 0 Å². The smallest absolute Gasteiger partial charge is 0.341 e. The van der Waals surface area contributed by atoms with E-state index in [1.807, 2.05) is 37.3 Å². The van der Waals surface area contributed by atoms with Gasteiger partial charge in [-0.15, -0.1) is 11.3 Å². The van der Waals surface area contributed by atoms with Crippen LogP contribution >= 0.6 is 11.3 Å². The minimum atomic E-state index is -0.615. The molecule has 1 heterocycles. The number of benzene rings is 1. The minimum Gasteiger partial charge on any atom is -0.462 e. The molecule has 1 unspecified atom stereocenters. The Bertz CT molecular complexity index is 914. The molecule has 0 saturated heterocycles. The number of nitrogens with zero attached hydrogens (tertiary/aromatic N) is 1. The van der Waals surface area contributed by atoms with Crippen molar-refractivity contribution < 1.29 is 14.3 Å². The number of fused-ring (bicyclic) bond motifs is 1. The van der Waals surface area contributed by atoms with E-state index in [0.717, 1.165) is 22.4 Å². The Kier molecular flexibility index (Phi) is 6.15. The van der Waals surface area contributed by atoms with Crippen molar-refractivity contribution in [2.45, 2.75) is 51.4 Å². The Morgan fingerprint density at radius 2 is 2.04 bits per heavy atom. The lowest BCUT2D eigenvalue weighted by Gasteiger charge is -2.31. The molecule has 0 fully saturated rings. The fraction of sp³-hybridized carbons (Fsp3) is 0.409. The summed E-state index contributed by atoms with van der Waals surface area (Å²) in [5, 5.41) is 13.4. The van der Waals surface area contributed by atoms with Gasteiger partial charge in [0.2, 0.25) is 5.91 Å². The summed E-state index contributed by atoms with van der Waals surface area (Å²) in [6.45, 7) is 3.98. The molecule has 146 valence electrons. The maximum atomic E-state index is 12.6. The first-order valence-corrected chi connectivity index (χ1v) is 10.4. The molecule has 1 aromatic carbocycles. The van der Waals surface area contributed by atoms with Crippen molar-refractivity contribution in [3.8, 4) is 6.07 Å². The number of esters is 1. The number of carbonyl (C=O) groups is 2. The largest absolute Gasteiger partial charge is 0.462 e. The van der Waals surface area contributed by atoms with Crippen LogP contribution in [0.4, 0.5) is 5.00 Å². The van der Waals surface area contributed by atoms with Crippen LogP contribution in [0.25, 0.3) is 0 Å². The molecule has 3 rings (SSSR count). The summed E-state index contributed by atoms with van der Waals surface area (Å²) >= 11 is 1.40. The molecule has 1 atom stereocenters. The zero-order chi connectivity index (χ0) is 20.1. The molecular formula is C22H24N2O3S. The third-order valence-corrected chi connectivity index (χ3v) is 6.25. The third kappa shape index (κ3) is 3.81. The van der Waals surface area contributed by atoms with E-state index in [1.54, 1.807) is 6.92 Å². The van der Waals surface area contributed by atoms with Crippen LogP contribution in [0.1, 0.15) is 59.5 Å². The van der Waals surface area contributed by atoms with Gasteiger partial charge in [0.1, 0.15) is 5.00 Å². The number of nitrogens with one attached hydrogen (secondary N) is 1. The highest BCUT2D eigenvalue weighted by Gasteiger charge is 2.40. The minimum absolute atomic E-state index is 0.110. The van der Waals surface area contributed by atoms with Gasteiger partial charge in [0.05, 0.1) is 23.7 Å². The van der Waals surface area contributed by atoms with Crippen molar-refractivity contribution in [1.29, 1.82) is 5.26 Å². The number of rotatable bonds is 6. The van der Waals surface area contributed by atoms with E-state index in [9.17, 15) is 14.9 Å². The van der Waals surface area contributed by atoms with Gasteiger partial charge in [-0.05, 0) is 37.3 Å². The Morgan fingerprint density at radius 3 is 2.68 bits per heavy atom. The fourth-order valence-electron chi connectivity index (χ4n) is 3.71. The molecule has 0 aliphatic heterocycles. The second-order valence-corrected chi connectivity index (χ2v) is 8.07. The second-order valence-electron chi connectivity index (χ2n) is 6.96. The molecular weight excluding hydrogens is 372 g/mol. The van der Waals surface area contributed by atoms with E-state index >= 15 is 0 Å². The van der Waals surface area contributed by atoms with Crippen molar-refractivity contribution in [1.82, 2.24) is 0 Å². The van der Waals surface area contributed by atoms with Crippen LogP contribution in [0.15, 0.2) is 30.3 Å². The van der Waals surface area contributed by atoms with Crippen LogP contribution in [0.2, 0.25) is 0 Å². The van der Waals surface area contributed by atoms with Crippen LogP contribution in [-0.2, 0) is 27.8 Å². The Morgan fingerprint density at radius 1 is 1.29 bits per heavy atom. The fourth-order valence-corrected chi connectivity index (χ4v) is 5.07. The first-order chi connectivity index (χ1) is 13.5. The second kappa shape index (κ2) is 8.57. The zero-order valence-electron chi connectivity index (χ0n) is 16.2. The highest BCUT2D eigenvalue weighted by Crippen LogP contribution is 2.45. The van der Waals surface area contributed by atoms with Gasteiger partial charge >= 0.3 is 5.97 Å². The normalized spacial score (nSPS) is 18.0. The molecule has 28 heavy (non-hydrogen) atoms. The van der Waals surface area contributed by atoms with Gasteiger partial charge in [-0.25, -0.2) is 4.79 Å². The predicted molar refractivity (Wildman–Crippen MR) is 110 cm³/mol. The van der Waals surface area contributed by atoms with Gasteiger partial charge in [0, 0.05) is 17.7 Å².